The highest BCUT2D eigenvalue weighted by molar-refractivity contribution is 6.13. The van der Waals surface area contributed by atoms with Gasteiger partial charge in [-0.25, -0.2) is 0 Å². The number of para-hydroxylation sites is 3. The van der Waals surface area contributed by atoms with Crippen LogP contribution in [0.15, 0.2) is 235 Å². The van der Waals surface area contributed by atoms with E-state index in [-0.39, 0.29) is 0 Å². The molecule has 3 nitrogen and oxygen atoms in total. The Morgan fingerprint density at radius 1 is 0.297 bits per heavy atom. The molecule has 1 aliphatic rings. The van der Waals surface area contributed by atoms with Gasteiger partial charge in [0.15, 0.2) is 0 Å². The van der Waals surface area contributed by atoms with Crippen molar-refractivity contribution in [2.24, 2.45) is 0 Å². The summed E-state index contributed by atoms with van der Waals surface area (Å²) >= 11 is 0. The fourth-order valence-corrected chi connectivity index (χ4v) is 11.3. The largest absolute Gasteiger partial charge is 0.456 e. The third-order valence-electron chi connectivity index (χ3n) is 14.0. The van der Waals surface area contributed by atoms with Crippen LogP contribution in [0.3, 0.4) is 0 Å². The summed E-state index contributed by atoms with van der Waals surface area (Å²) in [6.45, 7) is 0. The molecule has 64 heavy (non-hydrogen) atoms. The highest BCUT2D eigenvalue weighted by Gasteiger charge is 2.46. The van der Waals surface area contributed by atoms with Crippen molar-refractivity contribution in [3.05, 3.63) is 253 Å². The van der Waals surface area contributed by atoms with Crippen LogP contribution < -0.4 is 0 Å². The Labute approximate surface area is 369 Å². The predicted molar refractivity (Wildman–Crippen MR) is 265 cm³/mol. The second kappa shape index (κ2) is 13.3. The van der Waals surface area contributed by atoms with Crippen molar-refractivity contribution in [1.29, 1.82) is 0 Å². The van der Waals surface area contributed by atoms with E-state index in [1.807, 2.05) is 12.1 Å². The topological polar surface area (TPSA) is 23.0 Å². The molecule has 298 valence electrons. The number of aromatic nitrogens is 2. The van der Waals surface area contributed by atoms with Crippen molar-refractivity contribution >= 4 is 65.6 Å². The van der Waals surface area contributed by atoms with Gasteiger partial charge in [-0.3, -0.25) is 0 Å². The Morgan fingerprint density at radius 2 is 0.781 bits per heavy atom. The first-order valence-corrected chi connectivity index (χ1v) is 22.1. The lowest BCUT2D eigenvalue weighted by atomic mass is 9.68. The summed E-state index contributed by atoms with van der Waals surface area (Å²) in [6.07, 6.45) is 0. The first-order chi connectivity index (χ1) is 31.7. The van der Waals surface area contributed by atoms with E-state index < -0.39 is 5.41 Å². The summed E-state index contributed by atoms with van der Waals surface area (Å²) < 4.78 is 11.1. The van der Waals surface area contributed by atoms with Crippen LogP contribution in [0.2, 0.25) is 0 Å². The molecule has 0 saturated carbocycles. The predicted octanol–water partition coefficient (Wildman–Crippen LogP) is 15.8. The second-order valence-corrected chi connectivity index (χ2v) is 17.2. The highest BCUT2D eigenvalue weighted by atomic mass is 16.3. The zero-order chi connectivity index (χ0) is 41.9. The minimum Gasteiger partial charge on any atom is -0.456 e. The van der Waals surface area contributed by atoms with E-state index in [0.29, 0.717) is 0 Å². The summed E-state index contributed by atoms with van der Waals surface area (Å²) in [5.74, 6) is 0. The van der Waals surface area contributed by atoms with Gasteiger partial charge in [-0.05, 0) is 117 Å². The summed E-state index contributed by atoms with van der Waals surface area (Å²) in [5, 5.41) is 7.20. The SMILES string of the molecule is c1ccc(C2(c3ccccc3)c3ccccc3-c3cc(-n4c5ccccc5c5cc(-c6ccc7c(c6)c6ccccc6n7-c6ccc7oc8ccccc8c7c6)ccc54)ccc32)cc1. The zero-order valence-corrected chi connectivity index (χ0v) is 34.7. The average Bonchev–Trinajstić information content (AvgIpc) is 4.09. The fraction of sp³-hybridized carbons (Fsp3) is 0.0164. The van der Waals surface area contributed by atoms with Crippen molar-refractivity contribution in [1.82, 2.24) is 9.13 Å². The maximum absolute atomic E-state index is 6.21. The molecule has 0 N–H and O–H groups in total. The molecule has 13 aromatic rings. The van der Waals surface area contributed by atoms with Crippen molar-refractivity contribution in [3.8, 4) is 33.6 Å². The number of nitrogens with zero attached hydrogens (tertiary/aromatic N) is 2. The average molecular weight is 815 g/mol. The van der Waals surface area contributed by atoms with Crippen molar-refractivity contribution in [2.45, 2.75) is 5.41 Å². The van der Waals surface area contributed by atoms with E-state index >= 15 is 0 Å². The van der Waals surface area contributed by atoms with E-state index in [4.69, 9.17) is 4.42 Å². The van der Waals surface area contributed by atoms with E-state index in [0.717, 1.165) is 33.3 Å². The van der Waals surface area contributed by atoms with E-state index in [2.05, 4.69) is 228 Å². The van der Waals surface area contributed by atoms with Gasteiger partial charge in [-0.2, -0.15) is 0 Å². The summed E-state index contributed by atoms with van der Waals surface area (Å²) in [6, 6.07) is 84.7. The number of hydrogen-bond donors (Lipinski definition) is 0. The smallest absolute Gasteiger partial charge is 0.135 e. The first-order valence-electron chi connectivity index (χ1n) is 22.1. The van der Waals surface area contributed by atoms with Crippen molar-refractivity contribution < 1.29 is 4.42 Å². The lowest BCUT2D eigenvalue weighted by Gasteiger charge is -2.33. The van der Waals surface area contributed by atoms with Crippen molar-refractivity contribution in [3.63, 3.8) is 0 Å². The van der Waals surface area contributed by atoms with E-state index in [1.54, 1.807) is 0 Å². The van der Waals surface area contributed by atoms with Crippen LogP contribution in [-0.4, -0.2) is 9.13 Å². The van der Waals surface area contributed by atoms with E-state index in [1.165, 1.54) is 88.1 Å². The van der Waals surface area contributed by atoms with Gasteiger partial charge in [0.05, 0.1) is 27.5 Å². The molecule has 0 amide bonds. The maximum atomic E-state index is 6.21. The molecule has 0 radical (unpaired) electrons. The number of hydrogen-bond acceptors (Lipinski definition) is 1. The summed E-state index contributed by atoms with van der Waals surface area (Å²) in [5.41, 5.74) is 18.5. The molecule has 14 rings (SSSR count). The Balaban J connectivity index is 0.927. The van der Waals surface area contributed by atoms with Gasteiger partial charge in [-0.1, -0.05) is 158 Å². The Kier molecular flexibility index (Phi) is 7.32. The summed E-state index contributed by atoms with van der Waals surface area (Å²) in [4.78, 5) is 0. The normalized spacial score (nSPS) is 13.1. The molecule has 0 saturated heterocycles. The molecule has 0 fully saturated rings. The van der Waals surface area contributed by atoms with Crippen LogP contribution in [0.4, 0.5) is 0 Å². The monoisotopic (exact) mass is 814 g/mol. The van der Waals surface area contributed by atoms with Crippen LogP contribution in [0.5, 0.6) is 0 Å². The van der Waals surface area contributed by atoms with Gasteiger partial charge >= 0.3 is 0 Å². The molecule has 0 unspecified atom stereocenters. The maximum Gasteiger partial charge on any atom is 0.135 e. The third-order valence-corrected chi connectivity index (χ3v) is 14.0. The van der Waals surface area contributed by atoms with Gasteiger partial charge in [0.1, 0.15) is 11.2 Å². The van der Waals surface area contributed by atoms with Gasteiger partial charge in [0.2, 0.25) is 0 Å². The Bertz CT molecular complexity index is 3980. The molecule has 0 bridgehead atoms. The molecule has 3 heterocycles. The van der Waals surface area contributed by atoms with Crippen molar-refractivity contribution in [2.75, 3.05) is 0 Å². The number of furan rings is 1. The van der Waals surface area contributed by atoms with Gasteiger partial charge in [0, 0.05) is 43.7 Å². The molecule has 1 aliphatic carbocycles. The second-order valence-electron chi connectivity index (χ2n) is 17.2. The molecule has 3 heteroatoms. The molecule has 0 spiro atoms. The number of rotatable bonds is 5. The molecular weight excluding hydrogens is 777 g/mol. The Hall–Kier alpha value is -8.40. The van der Waals surface area contributed by atoms with E-state index in [9.17, 15) is 0 Å². The van der Waals surface area contributed by atoms with Crippen LogP contribution in [0.25, 0.3) is 99.2 Å². The van der Waals surface area contributed by atoms with Crippen LogP contribution in [0.1, 0.15) is 22.3 Å². The summed E-state index contributed by atoms with van der Waals surface area (Å²) in [7, 11) is 0. The number of benzene rings is 10. The zero-order valence-electron chi connectivity index (χ0n) is 34.7. The standard InChI is InChI=1S/C61H38N2O/c1-3-15-41(16-4-1)61(42-17-5-2-6-18-42)53-23-11-7-19-45(53)49-37-43(29-31-54(49)61)62-55-24-12-8-20-46(55)50-35-39(27-32-57(50)62)40-28-33-58-51(36-40)47-21-9-13-25-56(47)63(58)44-30-34-60-52(38-44)48-22-10-14-26-59(48)64-60/h1-38H. The fourth-order valence-electron chi connectivity index (χ4n) is 11.3. The Morgan fingerprint density at radius 3 is 1.44 bits per heavy atom. The lowest BCUT2D eigenvalue weighted by Crippen LogP contribution is -2.28. The lowest BCUT2D eigenvalue weighted by molar-refractivity contribution is 0.669. The third kappa shape index (κ3) is 4.81. The van der Waals surface area contributed by atoms with Crippen LogP contribution in [-0.2, 0) is 5.41 Å². The quantitative estimate of drug-likeness (QED) is 0.170. The highest BCUT2D eigenvalue weighted by Crippen LogP contribution is 2.56. The van der Waals surface area contributed by atoms with Gasteiger partial charge < -0.3 is 13.6 Å². The molecule has 0 atom stereocenters. The molecular formula is C61H38N2O. The minimum absolute atomic E-state index is 0.432. The minimum atomic E-state index is -0.432. The van der Waals surface area contributed by atoms with Gasteiger partial charge in [-0.15, -0.1) is 0 Å². The molecule has 0 aliphatic heterocycles. The molecule has 3 aromatic heterocycles. The van der Waals surface area contributed by atoms with Crippen LogP contribution >= 0.6 is 0 Å². The van der Waals surface area contributed by atoms with Gasteiger partial charge in [0.25, 0.3) is 0 Å². The number of fused-ring (bicyclic) bond motifs is 12. The first kappa shape index (κ1) is 35.2. The van der Waals surface area contributed by atoms with Crippen LogP contribution in [0, 0.1) is 0 Å². The molecule has 10 aromatic carbocycles.